The molecule has 1 N–H and O–H groups in total. The molecule has 2 aromatic rings. The molecule has 136 valence electrons. The Morgan fingerprint density at radius 1 is 0.875 bits per heavy atom. The molecular weight excluding hydrogens is 530 g/mol. The lowest BCUT2D eigenvalue weighted by Crippen LogP contribution is -2.00. The van der Waals surface area contributed by atoms with Crippen molar-refractivity contribution in [1.29, 1.82) is 0 Å². The van der Waals surface area contributed by atoms with Crippen LogP contribution in [-0.2, 0) is 25.9 Å². The van der Waals surface area contributed by atoms with E-state index in [0.717, 1.165) is 38.0 Å². The van der Waals surface area contributed by atoms with Crippen molar-refractivity contribution in [1.82, 2.24) is 19.6 Å². The molecule has 0 amide bonds. The van der Waals surface area contributed by atoms with Crippen molar-refractivity contribution in [3.05, 3.63) is 30.9 Å². The zero-order chi connectivity index (χ0) is 17.9. The summed E-state index contributed by atoms with van der Waals surface area (Å²) in [5.41, 5.74) is 2.38. The molecule has 7 heteroatoms. The van der Waals surface area contributed by atoms with E-state index < -0.39 is 0 Å². The third-order valence-corrected chi connectivity index (χ3v) is 5.33. The van der Waals surface area contributed by atoms with Gasteiger partial charge in [-0.1, -0.05) is 27.2 Å². The Bertz CT molecular complexity index is 543. The highest BCUT2D eigenvalue weighted by molar-refractivity contribution is 14.1. The molecule has 5 nitrogen and oxygen atoms in total. The molecular formula is C17H28I2N4O. The van der Waals surface area contributed by atoms with Crippen molar-refractivity contribution >= 4 is 45.2 Å². The molecule has 0 fully saturated rings. The Hall–Kier alpha value is -0.160. The van der Waals surface area contributed by atoms with E-state index in [9.17, 15) is 0 Å². The molecule has 2 heterocycles. The Labute approximate surface area is 172 Å². The number of halogens is 2. The van der Waals surface area contributed by atoms with Crippen molar-refractivity contribution in [3.63, 3.8) is 0 Å². The lowest BCUT2D eigenvalue weighted by Gasteiger charge is -1.97. The third kappa shape index (κ3) is 7.38. The van der Waals surface area contributed by atoms with E-state index in [0.29, 0.717) is 0 Å². The summed E-state index contributed by atoms with van der Waals surface area (Å²) in [5, 5.41) is 17.5. The van der Waals surface area contributed by atoms with Gasteiger partial charge in [-0.2, -0.15) is 10.2 Å². The van der Waals surface area contributed by atoms with Crippen LogP contribution in [0.4, 0.5) is 0 Å². The number of hydrogen-bond donors (Lipinski definition) is 1. The van der Waals surface area contributed by atoms with Crippen LogP contribution in [0.2, 0.25) is 0 Å². The van der Waals surface area contributed by atoms with Gasteiger partial charge >= 0.3 is 0 Å². The number of unbranched alkanes of at least 4 members (excludes halogenated alkanes) is 1. The molecule has 0 saturated heterocycles. The SMILES string of the molecule is CCCCn1cc(I)c(CC)n1.CCc1nn(CCCO)cc1I. The van der Waals surface area contributed by atoms with Gasteiger partial charge in [0.1, 0.15) is 0 Å². The van der Waals surface area contributed by atoms with Crippen LogP contribution < -0.4 is 0 Å². The molecule has 2 aromatic heterocycles. The highest BCUT2D eigenvalue weighted by atomic mass is 127. The monoisotopic (exact) mass is 558 g/mol. The molecule has 0 aliphatic heterocycles. The Morgan fingerprint density at radius 3 is 1.67 bits per heavy atom. The zero-order valence-electron chi connectivity index (χ0n) is 14.8. The van der Waals surface area contributed by atoms with E-state index in [4.69, 9.17) is 5.11 Å². The number of aliphatic hydroxyl groups excluding tert-OH is 1. The minimum absolute atomic E-state index is 0.234. The predicted molar refractivity (Wildman–Crippen MR) is 115 cm³/mol. The molecule has 0 aliphatic rings. The van der Waals surface area contributed by atoms with Gasteiger partial charge in [-0.25, -0.2) is 0 Å². The number of aryl methyl sites for hydroxylation is 4. The summed E-state index contributed by atoms with van der Waals surface area (Å²) in [6.07, 6.45) is 9.41. The number of nitrogens with zero attached hydrogens (tertiary/aromatic N) is 4. The maximum absolute atomic E-state index is 8.62. The first kappa shape index (κ1) is 21.9. The minimum Gasteiger partial charge on any atom is -0.396 e. The molecule has 0 bridgehead atoms. The van der Waals surface area contributed by atoms with Crippen molar-refractivity contribution in [3.8, 4) is 0 Å². The average molecular weight is 558 g/mol. The van der Waals surface area contributed by atoms with E-state index in [1.54, 1.807) is 0 Å². The first-order valence-electron chi connectivity index (χ1n) is 8.60. The fourth-order valence-electron chi connectivity index (χ4n) is 2.14. The quantitative estimate of drug-likeness (QED) is 0.493. The molecule has 0 atom stereocenters. The van der Waals surface area contributed by atoms with E-state index in [1.165, 1.54) is 25.7 Å². The van der Waals surface area contributed by atoms with Gasteiger partial charge in [0, 0.05) is 32.1 Å². The molecule has 0 unspecified atom stereocenters. The summed E-state index contributed by atoms with van der Waals surface area (Å²) in [7, 11) is 0. The summed E-state index contributed by atoms with van der Waals surface area (Å²) >= 11 is 4.64. The van der Waals surface area contributed by atoms with Gasteiger partial charge in [0.05, 0.1) is 18.5 Å². The van der Waals surface area contributed by atoms with E-state index in [2.05, 4.69) is 87.0 Å². The second-order valence-corrected chi connectivity index (χ2v) is 7.84. The molecule has 0 saturated carbocycles. The molecule has 0 aliphatic carbocycles. The van der Waals surface area contributed by atoms with Crippen molar-refractivity contribution in [2.24, 2.45) is 0 Å². The van der Waals surface area contributed by atoms with Gasteiger partial charge in [-0.3, -0.25) is 9.36 Å². The summed E-state index contributed by atoms with van der Waals surface area (Å²) in [5.74, 6) is 0. The van der Waals surface area contributed by atoms with Crippen LogP contribution in [0.5, 0.6) is 0 Å². The summed E-state index contributed by atoms with van der Waals surface area (Å²) in [6.45, 7) is 8.56. The summed E-state index contributed by atoms with van der Waals surface area (Å²) < 4.78 is 6.47. The number of aromatic nitrogens is 4. The number of hydrogen-bond acceptors (Lipinski definition) is 3. The van der Waals surface area contributed by atoms with Gasteiger partial charge in [0.2, 0.25) is 0 Å². The smallest absolute Gasteiger partial charge is 0.0755 e. The Morgan fingerprint density at radius 2 is 1.33 bits per heavy atom. The average Bonchev–Trinajstić information content (AvgIpc) is 3.13. The number of aliphatic hydroxyl groups is 1. The van der Waals surface area contributed by atoms with Crippen molar-refractivity contribution in [2.45, 2.75) is 66.0 Å². The van der Waals surface area contributed by atoms with Crippen LogP contribution in [0, 0.1) is 7.14 Å². The fraction of sp³-hybridized carbons (Fsp3) is 0.647. The first-order chi connectivity index (χ1) is 11.5. The Kier molecular flexibility index (Phi) is 11.2. The second-order valence-electron chi connectivity index (χ2n) is 5.51. The third-order valence-electron chi connectivity index (χ3n) is 3.53. The van der Waals surface area contributed by atoms with Gasteiger partial charge in [0.25, 0.3) is 0 Å². The maximum atomic E-state index is 8.62. The second kappa shape index (κ2) is 12.2. The highest BCUT2D eigenvalue weighted by Crippen LogP contribution is 2.11. The largest absolute Gasteiger partial charge is 0.396 e. The van der Waals surface area contributed by atoms with Gasteiger partial charge in [0.15, 0.2) is 0 Å². The lowest BCUT2D eigenvalue weighted by molar-refractivity contribution is 0.277. The van der Waals surface area contributed by atoms with Crippen LogP contribution in [0.1, 0.15) is 51.4 Å². The first-order valence-corrected chi connectivity index (χ1v) is 10.8. The zero-order valence-corrected chi connectivity index (χ0v) is 19.1. The van der Waals surface area contributed by atoms with Crippen LogP contribution in [-0.4, -0.2) is 31.3 Å². The van der Waals surface area contributed by atoms with Crippen molar-refractivity contribution in [2.75, 3.05) is 6.61 Å². The topological polar surface area (TPSA) is 55.9 Å². The molecule has 24 heavy (non-hydrogen) atoms. The van der Waals surface area contributed by atoms with E-state index in [1.807, 2.05) is 10.9 Å². The maximum Gasteiger partial charge on any atom is 0.0755 e. The fourth-order valence-corrected chi connectivity index (χ4v) is 3.76. The highest BCUT2D eigenvalue weighted by Gasteiger charge is 2.03. The molecule has 0 radical (unpaired) electrons. The summed E-state index contributed by atoms with van der Waals surface area (Å²) in [6, 6.07) is 0. The van der Waals surface area contributed by atoms with Gasteiger partial charge in [-0.05, 0) is 70.9 Å². The molecule has 2 rings (SSSR count). The van der Waals surface area contributed by atoms with Crippen LogP contribution in [0.3, 0.4) is 0 Å². The standard InChI is InChI=1S/C9H15IN2.C8H13IN2O/c1-3-5-6-12-7-8(10)9(4-2)11-12;1-2-8-7(9)6-11(10-8)4-3-5-12/h7H,3-6H2,1-2H3;6,12H,2-5H2,1H3. The normalized spacial score (nSPS) is 10.6. The van der Waals surface area contributed by atoms with Crippen LogP contribution in [0.25, 0.3) is 0 Å². The number of rotatable bonds is 8. The van der Waals surface area contributed by atoms with E-state index >= 15 is 0 Å². The van der Waals surface area contributed by atoms with Gasteiger partial charge < -0.3 is 5.11 Å². The minimum atomic E-state index is 0.234. The Balaban J connectivity index is 0.000000240. The lowest BCUT2D eigenvalue weighted by atomic mass is 10.3. The summed E-state index contributed by atoms with van der Waals surface area (Å²) in [4.78, 5) is 0. The van der Waals surface area contributed by atoms with Crippen LogP contribution >= 0.6 is 45.2 Å². The van der Waals surface area contributed by atoms with E-state index in [-0.39, 0.29) is 6.61 Å². The predicted octanol–water partition coefficient (Wildman–Crippen LogP) is 4.28. The molecule has 0 aromatic carbocycles. The van der Waals surface area contributed by atoms with Crippen molar-refractivity contribution < 1.29 is 5.11 Å². The molecule has 0 spiro atoms. The van der Waals surface area contributed by atoms with Crippen LogP contribution in [0.15, 0.2) is 12.4 Å². The van der Waals surface area contributed by atoms with Gasteiger partial charge in [-0.15, -0.1) is 0 Å².